The molecule has 3 heteroatoms. The first-order valence-corrected chi connectivity index (χ1v) is 4.93. The second-order valence-electron chi connectivity index (χ2n) is 3.86. The zero-order chi connectivity index (χ0) is 10.6. The molecule has 0 spiro atoms. The van der Waals surface area contributed by atoms with Crippen molar-refractivity contribution in [2.45, 2.75) is 19.9 Å². The Balaban J connectivity index is 2.50. The second-order valence-corrected chi connectivity index (χ2v) is 3.86. The summed E-state index contributed by atoms with van der Waals surface area (Å²) in [5.41, 5.74) is 1.19. The molecule has 0 fully saturated rings. The SMILES string of the molecule is Cc1cccnc1NCC(C)N(C)C. The molecular weight excluding hydrogens is 174 g/mol. The van der Waals surface area contributed by atoms with Crippen molar-refractivity contribution in [1.29, 1.82) is 0 Å². The van der Waals surface area contributed by atoms with Gasteiger partial charge in [-0.25, -0.2) is 4.98 Å². The minimum absolute atomic E-state index is 0.511. The molecule has 3 nitrogen and oxygen atoms in total. The Morgan fingerprint density at radius 2 is 2.21 bits per heavy atom. The van der Waals surface area contributed by atoms with E-state index in [9.17, 15) is 0 Å². The molecule has 0 aliphatic rings. The molecule has 0 bridgehead atoms. The van der Waals surface area contributed by atoms with Crippen molar-refractivity contribution in [3.63, 3.8) is 0 Å². The number of aryl methyl sites for hydroxylation is 1. The van der Waals surface area contributed by atoms with E-state index >= 15 is 0 Å². The molecule has 1 N–H and O–H groups in total. The Kier molecular flexibility index (Phi) is 3.89. The lowest BCUT2D eigenvalue weighted by molar-refractivity contribution is 0.326. The average Bonchev–Trinajstić information content (AvgIpc) is 2.16. The van der Waals surface area contributed by atoms with Gasteiger partial charge in [0.2, 0.25) is 0 Å². The molecule has 1 aromatic heterocycles. The van der Waals surface area contributed by atoms with Gasteiger partial charge in [-0.3, -0.25) is 0 Å². The van der Waals surface area contributed by atoms with E-state index in [0.717, 1.165) is 12.4 Å². The number of hydrogen-bond acceptors (Lipinski definition) is 3. The van der Waals surface area contributed by atoms with E-state index in [1.165, 1.54) is 5.56 Å². The van der Waals surface area contributed by atoms with Crippen LogP contribution in [-0.4, -0.2) is 36.6 Å². The zero-order valence-electron chi connectivity index (χ0n) is 9.41. The van der Waals surface area contributed by atoms with Crippen LogP contribution in [0.1, 0.15) is 12.5 Å². The first-order valence-electron chi connectivity index (χ1n) is 4.93. The van der Waals surface area contributed by atoms with E-state index in [4.69, 9.17) is 0 Å². The lowest BCUT2D eigenvalue weighted by Gasteiger charge is -2.20. The Bertz CT molecular complexity index is 284. The maximum absolute atomic E-state index is 4.28. The van der Waals surface area contributed by atoms with Gasteiger partial charge in [0, 0.05) is 18.8 Å². The first-order chi connectivity index (χ1) is 6.61. The zero-order valence-corrected chi connectivity index (χ0v) is 9.41. The lowest BCUT2D eigenvalue weighted by Crippen LogP contribution is -2.31. The highest BCUT2D eigenvalue weighted by Crippen LogP contribution is 2.09. The molecule has 1 unspecified atom stereocenters. The van der Waals surface area contributed by atoms with E-state index in [1.54, 1.807) is 0 Å². The molecule has 78 valence electrons. The third-order valence-electron chi connectivity index (χ3n) is 2.46. The highest BCUT2D eigenvalue weighted by atomic mass is 15.1. The molecule has 0 amide bonds. The summed E-state index contributed by atoms with van der Waals surface area (Å²) in [6.45, 7) is 5.17. The fraction of sp³-hybridized carbons (Fsp3) is 0.545. The van der Waals surface area contributed by atoms with Gasteiger partial charge in [-0.05, 0) is 39.6 Å². The van der Waals surface area contributed by atoms with Crippen molar-refractivity contribution in [1.82, 2.24) is 9.88 Å². The molecule has 14 heavy (non-hydrogen) atoms. The molecule has 0 saturated heterocycles. The molecule has 0 aromatic carbocycles. The predicted octanol–water partition coefficient (Wildman–Crippen LogP) is 1.75. The molecule has 1 rings (SSSR count). The molecular formula is C11H19N3. The van der Waals surface area contributed by atoms with Crippen molar-refractivity contribution >= 4 is 5.82 Å². The van der Waals surface area contributed by atoms with Crippen LogP contribution in [0.3, 0.4) is 0 Å². The number of pyridine rings is 1. The van der Waals surface area contributed by atoms with Gasteiger partial charge in [0.15, 0.2) is 0 Å². The van der Waals surface area contributed by atoms with Crippen molar-refractivity contribution in [3.8, 4) is 0 Å². The van der Waals surface area contributed by atoms with Crippen molar-refractivity contribution in [2.24, 2.45) is 0 Å². The summed E-state index contributed by atoms with van der Waals surface area (Å²) in [6.07, 6.45) is 1.82. The van der Waals surface area contributed by atoms with E-state index in [0.29, 0.717) is 6.04 Å². The molecule has 1 heterocycles. The van der Waals surface area contributed by atoms with Crippen LogP contribution in [0.4, 0.5) is 5.82 Å². The van der Waals surface area contributed by atoms with Crippen molar-refractivity contribution in [2.75, 3.05) is 26.0 Å². The minimum Gasteiger partial charge on any atom is -0.368 e. The van der Waals surface area contributed by atoms with Crippen molar-refractivity contribution in [3.05, 3.63) is 23.9 Å². The topological polar surface area (TPSA) is 28.2 Å². The fourth-order valence-corrected chi connectivity index (χ4v) is 1.10. The Labute approximate surface area is 86.2 Å². The van der Waals surface area contributed by atoms with Crippen LogP contribution in [0.5, 0.6) is 0 Å². The summed E-state index contributed by atoms with van der Waals surface area (Å²) in [4.78, 5) is 6.47. The van der Waals surface area contributed by atoms with Gasteiger partial charge in [0.05, 0.1) is 0 Å². The Morgan fingerprint density at radius 1 is 1.50 bits per heavy atom. The van der Waals surface area contributed by atoms with Crippen LogP contribution in [0, 0.1) is 6.92 Å². The van der Waals surface area contributed by atoms with E-state index < -0.39 is 0 Å². The number of nitrogens with one attached hydrogen (secondary N) is 1. The summed E-state index contributed by atoms with van der Waals surface area (Å²) in [5, 5.41) is 3.34. The molecule has 0 saturated carbocycles. The van der Waals surface area contributed by atoms with Gasteiger partial charge in [0.1, 0.15) is 5.82 Å². The van der Waals surface area contributed by atoms with Crippen LogP contribution < -0.4 is 5.32 Å². The smallest absolute Gasteiger partial charge is 0.128 e. The number of rotatable bonds is 4. The summed E-state index contributed by atoms with van der Waals surface area (Å²) in [6, 6.07) is 4.53. The Morgan fingerprint density at radius 3 is 2.79 bits per heavy atom. The maximum Gasteiger partial charge on any atom is 0.128 e. The van der Waals surface area contributed by atoms with Crippen LogP contribution in [0.15, 0.2) is 18.3 Å². The molecule has 1 atom stereocenters. The van der Waals surface area contributed by atoms with Gasteiger partial charge in [-0.15, -0.1) is 0 Å². The first kappa shape index (κ1) is 11.0. The van der Waals surface area contributed by atoms with Crippen molar-refractivity contribution < 1.29 is 0 Å². The van der Waals surface area contributed by atoms with Gasteiger partial charge in [0.25, 0.3) is 0 Å². The summed E-state index contributed by atoms with van der Waals surface area (Å²) in [7, 11) is 4.16. The second kappa shape index (κ2) is 4.96. The largest absolute Gasteiger partial charge is 0.368 e. The summed E-state index contributed by atoms with van der Waals surface area (Å²) < 4.78 is 0. The monoisotopic (exact) mass is 193 g/mol. The Hall–Kier alpha value is -1.09. The molecule has 0 aliphatic carbocycles. The molecule has 1 aromatic rings. The average molecular weight is 193 g/mol. The number of anilines is 1. The third-order valence-corrected chi connectivity index (χ3v) is 2.46. The highest BCUT2D eigenvalue weighted by molar-refractivity contribution is 5.42. The maximum atomic E-state index is 4.28. The standard InChI is InChI=1S/C11H19N3/c1-9-6-5-7-12-11(9)13-8-10(2)14(3)4/h5-7,10H,8H2,1-4H3,(H,12,13). The molecule has 0 radical (unpaired) electrons. The summed E-state index contributed by atoms with van der Waals surface area (Å²) >= 11 is 0. The molecule has 0 aliphatic heterocycles. The van der Waals surface area contributed by atoms with Gasteiger partial charge >= 0.3 is 0 Å². The van der Waals surface area contributed by atoms with E-state index in [-0.39, 0.29) is 0 Å². The fourth-order valence-electron chi connectivity index (χ4n) is 1.10. The van der Waals surface area contributed by atoms with Gasteiger partial charge in [-0.1, -0.05) is 6.07 Å². The van der Waals surface area contributed by atoms with Gasteiger partial charge in [-0.2, -0.15) is 0 Å². The lowest BCUT2D eigenvalue weighted by atomic mass is 10.2. The predicted molar refractivity (Wildman–Crippen MR) is 60.6 cm³/mol. The highest BCUT2D eigenvalue weighted by Gasteiger charge is 2.04. The quantitative estimate of drug-likeness (QED) is 0.789. The number of aromatic nitrogens is 1. The number of hydrogen-bond donors (Lipinski definition) is 1. The third kappa shape index (κ3) is 3.00. The van der Waals surface area contributed by atoms with Crippen LogP contribution in [0.2, 0.25) is 0 Å². The summed E-state index contributed by atoms with van der Waals surface area (Å²) in [5.74, 6) is 0.987. The van der Waals surface area contributed by atoms with Gasteiger partial charge < -0.3 is 10.2 Å². The van der Waals surface area contributed by atoms with E-state index in [1.807, 2.05) is 12.3 Å². The van der Waals surface area contributed by atoms with Crippen LogP contribution >= 0.6 is 0 Å². The van der Waals surface area contributed by atoms with Crippen LogP contribution in [0.25, 0.3) is 0 Å². The minimum atomic E-state index is 0.511. The number of nitrogens with zero attached hydrogens (tertiary/aromatic N) is 2. The van der Waals surface area contributed by atoms with E-state index in [2.05, 4.69) is 49.2 Å². The number of likely N-dealkylation sites (N-methyl/N-ethyl adjacent to an activating group) is 1. The van der Waals surface area contributed by atoms with Crippen LogP contribution in [-0.2, 0) is 0 Å². The normalized spacial score (nSPS) is 12.9.